The topological polar surface area (TPSA) is 70.2 Å². The molecule has 1 atom stereocenters. The van der Waals surface area contributed by atoms with Crippen LogP contribution in [-0.2, 0) is 11.3 Å². The van der Waals surface area contributed by atoms with Gasteiger partial charge in [0.2, 0.25) is 5.91 Å². The summed E-state index contributed by atoms with van der Waals surface area (Å²) in [5.74, 6) is -0.657. The summed E-state index contributed by atoms with van der Waals surface area (Å²) in [6.45, 7) is 1.34. The molecule has 0 aliphatic carbocycles. The monoisotopic (exact) mass is 341 g/mol. The number of carbonyl (C=O) groups is 2. The average molecular weight is 341 g/mol. The number of benzene rings is 2. The van der Waals surface area contributed by atoms with Gasteiger partial charge in [0, 0.05) is 17.8 Å². The Labute approximate surface area is 145 Å². The van der Waals surface area contributed by atoms with Crippen LogP contribution in [0.15, 0.2) is 48.5 Å². The van der Waals surface area contributed by atoms with E-state index in [4.69, 9.17) is 0 Å². The molecule has 1 aliphatic rings. The van der Waals surface area contributed by atoms with Gasteiger partial charge in [-0.2, -0.15) is 0 Å². The molecule has 5 nitrogen and oxygen atoms in total. The highest BCUT2D eigenvalue weighted by Crippen LogP contribution is 2.12. The fourth-order valence-corrected chi connectivity index (χ4v) is 2.73. The zero-order chi connectivity index (χ0) is 17.6. The highest BCUT2D eigenvalue weighted by Gasteiger charge is 2.21. The third-order valence-electron chi connectivity index (χ3n) is 4.16. The molecule has 1 fully saturated rings. The van der Waals surface area contributed by atoms with Gasteiger partial charge in [0.1, 0.15) is 5.82 Å². The average Bonchev–Trinajstić information content (AvgIpc) is 3.16. The molecule has 0 aromatic heterocycles. The summed E-state index contributed by atoms with van der Waals surface area (Å²) < 4.78 is 12.9. The smallest absolute Gasteiger partial charge is 0.255 e. The molecule has 6 heteroatoms. The molecule has 0 bridgehead atoms. The molecule has 25 heavy (non-hydrogen) atoms. The van der Waals surface area contributed by atoms with Gasteiger partial charge in [0.25, 0.3) is 5.91 Å². The van der Waals surface area contributed by atoms with Crippen molar-refractivity contribution < 1.29 is 14.0 Å². The summed E-state index contributed by atoms with van der Waals surface area (Å²) in [6.07, 6.45) is 1.90. The first-order chi connectivity index (χ1) is 12.1. The molecule has 2 amide bonds. The summed E-state index contributed by atoms with van der Waals surface area (Å²) >= 11 is 0. The maximum absolute atomic E-state index is 12.9. The predicted octanol–water partition coefficient (Wildman–Crippen LogP) is 2.45. The molecule has 1 saturated heterocycles. The van der Waals surface area contributed by atoms with Crippen LogP contribution in [0.1, 0.15) is 28.8 Å². The minimum Gasteiger partial charge on any atom is -0.351 e. The third kappa shape index (κ3) is 4.64. The summed E-state index contributed by atoms with van der Waals surface area (Å²) in [5.41, 5.74) is 1.98. The number of rotatable bonds is 5. The molecule has 0 spiro atoms. The minimum atomic E-state index is -0.379. The summed E-state index contributed by atoms with van der Waals surface area (Å²) in [5, 5.41) is 8.82. The second-order valence-corrected chi connectivity index (χ2v) is 6.02. The fourth-order valence-electron chi connectivity index (χ4n) is 2.73. The van der Waals surface area contributed by atoms with Crippen LogP contribution in [0.4, 0.5) is 10.1 Å². The number of amides is 2. The van der Waals surface area contributed by atoms with Crippen molar-refractivity contribution in [1.82, 2.24) is 10.6 Å². The van der Waals surface area contributed by atoms with Gasteiger partial charge in [-0.05, 0) is 61.3 Å². The zero-order valence-corrected chi connectivity index (χ0v) is 13.7. The second kappa shape index (κ2) is 7.90. The van der Waals surface area contributed by atoms with Gasteiger partial charge in [-0.15, -0.1) is 0 Å². The van der Waals surface area contributed by atoms with Crippen LogP contribution in [0.5, 0.6) is 0 Å². The van der Waals surface area contributed by atoms with Crippen LogP contribution in [0.25, 0.3) is 0 Å². The van der Waals surface area contributed by atoms with Gasteiger partial charge >= 0.3 is 0 Å². The molecule has 130 valence electrons. The van der Waals surface area contributed by atoms with Crippen LogP contribution < -0.4 is 16.0 Å². The van der Waals surface area contributed by atoms with Crippen LogP contribution >= 0.6 is 0 Å². The second-order valence-electron chi connectivity index (χ2n) is 6.02. The van der Waals surface area contributed by atoms with Crippen molar-refractivity contribution in [2.75, 3.05) is 11.9 Å². The Morgan fingerprint density at radius 3 is 2.44 bits per heavy atom. The first-order valence-electron chi connectivity index (χ1n) is 8.29. The maximum atomic E-state index is 12.9. The van der Waals surface area contributed by atoms with E-state index in [1.54, 1.807) is 12.1 Å². The number of anilines is 1. The van der Waals surface area contributed by atoms with Crippen molar-refractivity contribution >= 4 is 17.5 Å². The van der Waals surface area contributed by atoms with Crippen LogP contribution in [-0.4, -0.2) is 24.4 Å². The van der Waals surface area contributed by atoms with Gasteiger partial charge in [0.15, 0.2) is 0 Å². The van der Waals surface area contributed by atoms with Crippen molar-refractivity contribution in [3.8, 4) is 0 Å². The van der Waals surface area contributed by atoms with E-state index in [2.05, 4.69) is 16.0 Å². The fraction of sp³-hybridized carbons (Fsp3) is 0.263. The molecule has 0 radical (unpaired) electrons. The third-order valence-corrected chi connectivity index (χ3v) is 4.16. The maximum Gasteiger partial charge on any atom is 0.255 e. The normalized spacial score (nSPS) is 16.4. The lowest BCUT2D eigenvalue weighted by Crippen LogP contribution is -2.39. The van der Waals surface area contributed by atoms with Crippen LogP contribution in [0, 0.1) is 5.82 Å². The Hall–Kier alpha value is -2.73. The van der Waals surface area contributed by atoms with Crippen LogP contribution in [0.2, 0.25) is 0 Å². The molecule has 2 aromatic rings. The first kappa shape index (κ1) is 17.1. The molecule has 0 saturated carbocycles. The van der Waals surface area contributed by atoms with Gasteiger partial charge in [0.05, 0.1) is 6.04 Å². The van der Waals surface area contributed by atoms with E-state index in [9.17, 15) is 14.0 Å². The molecule has 2 aromatic carbocycles. The van der Waals surface area contributed by atoms with E-state index >= 15 is 0 Å². The zero-order valence-electron chi connectivity index (χ0n) is 13.7. The molecule has 3 rings (SSSR count). The Morgan fingerprint density at radius 1 is 1.08 bits per heavy atom. The molecular weight excluding hydrogens is 321 g/mol. The van der Waals surface area contributed by atoms with Gasteiger partial charge in [-0.1, -0.05) is 12.1 Å². The number of hydrogen-bond donors (Lipinski definition) is 3. The number of nitrogens with one attached hydrogen (secondary N) is 3. The molecule has 1 aliphatic heterocycles. The standard InChI is InChI=1S/C19H20FN3O2/c20-15-7-5-14(6-8-15)18(24)23-16-9-3-13(4-10-16)12-22-19(25)17-2-1-11-21-17/h3-10,17,21H,1-2,11-12H2,(H,22,25)(H,23,24)/t17-/m1/s1. The minimum absolute atomic E-state index is 0.0196. The van der Waals surface area contributed by atoms with Crippen molar-refractivity contribution in [3.63, 3.8) is 0 Å². The van der Waals surface area contributed by atoms with E-state index < -0.39 is 0 Å². The Kier molecular flexibility index (Phi) is 5.40. The SMILES string of the molecule is O=C(Nc1ccc(CNC(=O)[C@H]2CCCN2)cc1)c1ccc(F)cc1. The van der Waals surface area contributed by atoms with Crippen molar-refractivity contribution in [2.24, 2.45) is 0 Å². The van der Waals surface area contributed by atoms with Crippen molar-refractivity contribution in [1.29, 1.82) is 0 Å². The lowest BCUT2D eigenvalue weighted by molar-refractivity contribution is -0.122. The number of halogens is 1. The molecule has 0 unspecified atom stereocenters. The lowest BCUT2D eigenvalue weighted by Gasteiger charge is -2.11. The highest BCUT2D eigenvalue weighted by molar-refractivity contribution is 6.04. The van der Waals surface area contributed by atoms with Gasteiger partial charge in [-0.3, -0.25) is 9.59 Å². The predicted molar refractivity (Wildman–Crippen MR) is 93.7 cm³/mol. The highest BCUT2D eigenvalue weighted by atomic mass is 19.1. The Morgan fingerprint density at radius 2 is 1.80 bits per heavy atom. The number of carbonyl (C=O) groups excluding carboxylic acids is 2. The Balaban J connectivity index is 1.52. The summed E-state index contributed by atoms with van der Waals surface area (Å²) in [4.78, 5) is 24.0. The van der Waals surface area contributed by atoms with E-state index in [1.807, 2.05) is 12.1 Å². The summed E-state index contributed by atoms with van der Waals surface area (Å²) in [7, 11) is 0. The molecular formula is C19H20FN3O2. The van der Waals surface area contributed by atoms with E-state index in [-0.39, 0.29) is 23.7 Å². The lowest BCUT2D eigenvalue weighted by atomic mass is 10.1. The van der Waals surface area contributed by atoms with E-state index in [0.29, 0.717) is 17.8 Å². The van der Waals surface area contributed by atoms with Crippen molar-refractivity contribution in [3.05, 3.63) is 65.5 Å². The number of hydrogen-bond acceptors (Lipinski definition) is 3. The largest absolute Gasteiger partial charge is 0.351 e. The van der Waals surface area contributed by atoms with Gasteiger partial charge < -0.3 is 16.0 Å². The van der Waals surface area contributed by atoms with Crippen molar-refractivity contribution in [2.45, 2.75) is 25.4 Å². The van der Waals surface area contributed by atoms with Gasteiger partial charge in [-0.25, -0.2) is 4.39 Å². The summed E-state index contributed by atoms with van der Waals surface area (Å²) in [6, 6.07) is 12.5. The van der Waals surface area contributed by atoms with E-state index in [1.165, 1.54) is 24.3 Å². The molecule has 3 N–H and O–H groups in total. The quantitative estimate of drug-likeness (QED) is 0.782. The molecule has 1 heterocycles. The van der Waals surface area contributed by atoms with Crippen LogP contribution in [0.3, 0.4) is 0 Å². The van der Waals surface area contributed by atoms with E-state index in [0.717, 1.165) is 24.9 Å². The Bertz CT molecular complexity index is 738. The first-order valence-corrected chi connectivity index (χ1v) is 8.29.